The third-order valence-electron chi connectivity index (χ3n) is 5.09. The zero-order chi connectivity index (χ0) is 24.8. The van der Waals surface area contributed by atoms with Gasteiger partial charge in [0.15, 0.2) is 0 Å². The van der Waals surface area contributed by atoms with E-state index in [-0.39, 0.29) is 4.90 Å². The Morgan fingerprint density at radius 2 is 1.21 bits per heavy atom. The van der Waals surface area contributed by atoms with Crippen LogP contribution in [0.1, 0.15) is 0 Å². The van der Waals surface area contributed by atoms with Crippen molar-refractivity contribution >= 4 is 46.8 Å². The Bertz CT molecular complexity index is 1200. The maximum absolute atomic E-state index is 12.8. The van der Waals surface area contributed by atoms with Crippen molar-refractivity contribution in [3.63, 3.8) is 0 Å². The molecule has 0 aromatic heterocycles. The van der Waals surface area contributed by atoms with Crippen molar-refractivity contribution in [2.45, 2.75) is 4.90 Å². The minimum Gasteiger partial charge on any atom is -0.378 e. The molecule has 3 rings (SSSR count). The molecule has 0 fully saturated rings. The van der Waals surface area contributed by atoms with E-state index in [9.17, 15) is 8.42 Å². The summed E-state index contributed by atoms with van der Waals surface area (Å²) in [4.78, 5) is 2.11. The fourth-order valence-electron chi connectivity index (χ4n) is 3.18. The van der Waals surface area contributed by atoms with E-state index in [1.54, 1.807) is 36.4 Å². The summed E-state index contributed by atoms with van der Waals surface area (Å²) >= 11 is 0. The average Bonchev–Trinajstić information content (AvgIpc) is 2.85. The molecule has 0 heterocycles. The molecule has 0 saturated carbocycles. The largest absolute Gasteiger partial charge is 0.536 e. The van der Waals surface area contributed by atoms with Crippen LogP contribution in [0.15, 0.2) is 87.9 Å². The number of azo groups is 1. The molecule has 0 aliphatic carbocycles. The Morgan fingerprint density at radius 1 is 0.735 bits per heavy atom. The number of nitrogens with zero attached hydrogens (tertiary/aromatic N) is 3. The molecule has 0 aliphatic rings. The molecule has 0 unspecified atom stereocenters. The van der Waals surface area contributed by atoms with Gasteiger partial charge in [-0.05, 0) is 60.7 Å². The second kappa shape index (κ2) is 10.9. The van der Waals surface area contributed by atoms with Gasteiger partial charge in [-0.25, -0.2) is 8.42 Å². The molecule has 3 aromatic carbocycles. The van der Waals surface area contributed by atoms with E-state index < -0.39 is 18.8 Å². The Morgan fingerprint density at radius 3 is 1.65 bits per heavy atom. The van der Waals surface area contributed by atoms with Gasteiger partial charge in [0.05, 0.1) is 16.3 Å². The molecule has 1 N–H and O–H groups in total. The summed E-state index contributed by atoms with van der Waals surface area (Å²) in [6.45, 7) is 0. The second-order valence-electron chi connectivity index (χ2n) is 7.46. The maximum atomic E-state index is 12.8. The molecular formula is C23H28N4O5SSi. The van der Waals surface area contributed by atoms with Gasteiger partial charge in [0, 0.05) is 52.0 Å². The van der Waals surface area contributed by atoms with Crippen LogP contribution in [-0.4, -0.2) is 52.6 Å². The van der Waals surface area contributed by atoms with Gasteiger partial charge in [0.2, 0.25) is 0 Å². The van der Waals surface area contributed by atoms with Gasteiger partial charge in [-0.15, -0.1) is 0 Å². The van der Waals surface area contributed by atoms with Crippen LogP contribution >= 0.6 is 0 Å². The molecule has 0 saturated heterocycles. The number of anilines is 2. The van der Waals surface area contributed by atoms with Crippen LogP contribution in [0, 0.1) is 0 Å². The summed E-state index contributed by atoms with van der Waals surface area (Å²) in [6, 6.07) is 20.5. The number of rotatable bonds is 10. The van der Waals surface area contributed by atoms with Gasteiger partial charge in [0.25, 0.3) is 10.0 Å². The van der Waals surface area contributed by atoms with E-state index >= 15 is 0 Å². The lowest BCUT2D eigenvalue weighted by atomic mass is 10.3. The van der Waals surface area contributed by atoms with Crippen molar-refractivity contribution in [1.29, 1.82) is 0 Å². The van der Waals surface area contributed by atoms with E-state index in [0.717, 1.165) is 5.69 Å². The highest BCUT2D eigenvalue weighted by Crippen LogP contribution is 2.23. The van der Waals surface area contributed by atoms with Crippen molar-refractivity contribution in [3.05, 3.63) is 72.8 Å². The smallest absolute Gasteiger partial charge is 0.378 e. The third-order valence-corrected chi connectivity index (χ3v) is 9.14. The van der Waals surface area contributed by atoms with Gasteiger partial charge in [0.1, 0.15) is 0 Å². The predicted molar refractivity (Wildman–Crippen MR) is 135 cm³/mol. The standard InChI is InChI=1S/C23H28N4O5SSi/c1-27(2)21-12-6-18(7-13-21)24-25-19-8-14-22(15-9-19)33(28,29)26-20-10-16-23(17-11-20)34(30-3,31-4)32-5/h6-17,26H,1-5H3. The van der Waals surface area contributed by atoms with Gasteiger partial charge < -0.3 is 18.2 Å². The van der Waals surface area contributed by atoms with Crippen LogP contribution in [0.5, 0.6) is 0 Å². The zero-order valence-corrected chi connectivity index (χ0v) is 21.5. The Hall–Kier alpha value is -3.09. The van der Waals surface area contributed by atoms with Crippen molar-refractivity contribution in [2.24, 2.45) is 10.2 Å². The third kappa shape index (κ3) is 5.87. The lowest BCUT2D eigenvalue weighted by Crippen LogP contribution is -2.54. The number of benzene rings is 3. The minimum absolute atomic E-state index is 0.111. The van der Waals surface area contributed by atoms with Crippen LogP contribution in [0.2, 0.25) is 0 Å². The van der Waals surface area contributed by atoms with Crippen molar-refractivity contribution < 1.29 is 21.7 Å². The molecule has 0 amide bonds. The molecule has 34 heavy (non-hydrogen) atoms. The normalized spacial score (nSPS) is 12.1. The fraction of sp³-hybridized carbons (Fsp3) is 0.217. The molecule has 0 spiro atoms. The highest BCUT2D eigenvalue weighted by molar-refractivity contribution is 7.92. The second-order valence-corrected chi connectivity index (χ2v) is 12.1. The zero-order valence-electron chi connectivity index (χ0n) is 19.7. The summed E-state index contributed by atoms with van der Waals surface area (Å²) in [6.07, 6.45) is 0. The minimum atomic E-state index is -3.78. The number of sulfonamides is 1. The van der Waals surface area contributed by atoms with E-state index in [4.69, 9.17) is 13.3 Å². The van der Waals surface area contributed by atoms with E-state index in [1.165, 1.54) is 33.5 Å². The van der Waals surface area contributed by atoms with Crippen LogP contribution in [0.4, 0.5) is 22.7 Å². The number of hydrogen-bond acceptors (Lipinski definition) is 8. The summed E-state index contributed by atoms with van der Waals surface area (Å²) in [5.74, 6) is 0. The molecule has 9 nitrogen and oxygen atoms in total. The van der Waals surface area contributed by atoms with Crippen LogP contribution in [0.25, 0.3) is 0 Å². The highest BCUT2D eigenvalue weighted by atomic mass is 32.2. The molecule has 3 aromatic rings. The lowest BCUT2D eigenvalue weighted by Gasteiger charge is -2.24. The Labute approximate surface area is 201 Å². The summed E-state index contributed by atoms with van der Waals surface area (Å²) in [7, 11) is 1.70. The van der Waals surface area contributed by atoms with Gasteiger partial charge in [-0.3, -0.25) is 4.72 Å². The van der Waals surface area contributed by atoms with Gasteiger partial charge in [-0.2, -0.15) is 10.2 Å². The summed E-state index contributed by atoms with van der Waals surface area (Å²) in [5, 5.41) is 9.10. The van der Waals surface area contributed by atoms with Crippen LogP contribution in [0.3, 0.4) is 0 Å². The monoisotopic (exact) mass is 500 g/mol. The van der Waals surface area contributed by atoms with E-state index in [1.807, 2.05) is 43.3 Å². The molecule has 0 aliphatic heterocycles. The first kappa shape index (κ1) is 25.5. The van der Waals surface area contributed by atoms with Gasteiger partial charge >= 0.3 is 8.80 Å². The number of nitrogens with one attached hydrogen (secondary N) is 1. The van der Waals surface area contributed by atoms with E-state index in [2.05, 4.69) is 15.0 Å². The Kier molecular flexibility index (Phi) is 8.18. The first-order valence-electron chi connectivity index (χ1n) is 10.3. The Balaban J connectivity index is 1.70. The van der Waals surface area contributed by atoms with Gasteiger partial charge in [-0.1, -0.05) is 12.1 Å². The predicted octanol–water partition coefficient (Wildman–Crippen LogP) is 4.05. The maximum Gasteiger partial charge on any atom is 0.536 e. The molecule has 0 atom stereocenters. The highest BCUT2D eigenvalue weighted by Gasteiger charge is 2.40. The summed E-state index contributed by atoms with van der Waals surface area (Å²) < 4.78 is 44.5. The number of hydrogen-bond donors (Lipinski definition) is 1. The van der Waals surface area contributed by atoms with Crippen LogP contribution in [-0.2, 0) is 23.3 Å². The van der Waals surface area contributed by atoms with Crippen molar-refractivity contribution in [3.8, 4) is 0 Å². The van der Waals surface area contributed by atoms with Crippen LogP contribution < -0.4 is 14.8 Å². The molecular weight excluding hydrogens is 472 g/mol. The van der Waals surface area contributed by atoms with Crippen molar-refractivity contribution in [2.75, 3.05) is 45.0 Å². The average molecular weight is 501 g/mol. The molecule has 11 heteroatoms. The first-order valence-corrected chi connectivity index (χ1v) is 13.5. The SMILES string of the molecule is CO[Si](OC)(OC)c1ccc(NS(=O)(=O)c2ccc(N=Nc3ccc(N(C)C)cc3)cc2)cc1. The van der Waals surface area contributed by atoms with E-state index in [0.29, 0.717) is 22.2 Å². The molecule has 180 valence electrons. The quantitative estimate of drug-likeness (QED) is 0.333. The topological polar surface area (TPSA) is 102 Å². The molecule has 0 bridgehead atoms. The first-order chi connectivity index (χ1) is 16.2. The summed E-state index contributed by atoms with van der Waals surface area (Å²) in [5.41, 5.74) is 2.71. The lowest BCUT2D eigenvalue weighted by molar-refractivity contribution is 0.140. The van der Waals surface area contributed by atoms with Crippen molar-refractivity contribution in [1.82, 2.24) is 0 Å². The fourth-order valence-corrected chi connectivity index (χ4v) is 6.03. The molecule has 0 radical (unpaired) electrons.